The molecule has 0 aliphatic rings. The lowest BCUT2D eigenvalue weighted by molar-refractivity contribution is 1.38. The maximum atomic E-state index is 8.56. The van der Waals surface area contributed by atoms with Crippen molar-refractivity contribution in [2.75, 3.05) is 0 Å². The Hall–Kier alpha value is -0.710. The van der Waals surface area contributed by atoms with E-state index < -0.39 is 0 Å². The first-order chi connectivity index (χ1) is 5.27. The normalized spacial score (nSPS) is 9.18. The average Bonchev–Trinajstić information content (AvgIpc) is 2.05. The van der Waals surface area contributed by atoms with Gasteiger partial charge in [-0.3, -0.25) is 0 Å². The highest BCUT2D eigenvalue weighted by atomic mass is 35.5. The van der Waals surface area contributed by atoms with Crippen LogP contribution in [0.15, 0.2) is 18.2 Å². The quantitative estimate of drug-likeness (QED) is 0.618. The predicted octanol–water partition coefficient (Wildman–Crippen LogP) is 2.95. The number of alkyl halides is 1. The van der Waals surface area contributed by atoms with Crippen LogP contribution in [0.2, 0.25) is 5.02 Å². The van der Waals surface area contributed by atoms with Crippen molar-refractivity contribution in [3.63, 3.8) is 0 Å². The number of nitrogens with zero attached hydrogens (tertiary/aromatic N) is 1. The third-order valence-electron chi connectivity index (χ3n) is 1.31. The van der Waals surface area contributed by atoms with Gasteiger partial charge < -0.3 is 0 Å². The molecule has 56 valence electrons. The van der Waals surface area contributed by atoms with Crippen LogP contribution in [0, 0.1) is 11.3 Å². The van der Waals surface area contributed by atoms with E-state index in [1.54, 1.807) is 18.2 Å². The van der Waals surface area contributed by atoms with Crippen molar-refractivity contribution < 1.29 is 0 Å². The zero-order valence-electron chi connectivity index (χ0n) is 5.64. The largest absolute Gasteiger partial charge is 0.192 e. The van der Waals surface area contributed by atoms with Crippen LogP contribution >= 0.6 is 23.2 Å². The lowest BCUT2D eigenvalue weighted by atomic mass is 10.1. The Kier molecular flexibility index (Phi) is 2.76. The lowest BCUT2D eigenvalue weighted by Crippen LogP contribution is -1.81. The molecule has 1 aromatic rings. The van der Waals surface area contributed by atoms with E-state index in [1.165, 1.54) is 0 Å². The zero-order valence-corrected chi connectivity index (χ0v) is 7.15. The standard InChI is InChI=1S/C8H5Cl2N/c9-4-6-1-2-8(10)7(3-6)5-11/h1-3H,4H2. The Bertz CT molecular complexity index is 301. The minimum Gasteiger partial charge on any atom is -0.192 e. The van der Waals surface area contributed by atoms with Crippen molar-refractivity contribution in [3.05, 3.63) is 34.3 Å². The fourth-order valence-corrected chi connectivity index (χ4v) is 1.07. The number of nitriles is 1. The molecule has 1 rings (SSSR count). The molecule has 0 heterocycles. The van der Waals surface area contributed by atoms with Gasteiger partial charge in [0.25, 0.3) is 0 Å². The van der Waals surface area contributed by atoms with E-state index >= 15 is 0 Å². The van der Waals surface area contributed by atoms with Crippen LogP contribution in [0.25, 0.3) is 0 Å². The van der Waals surface area contributed by atoms with Crippen LogP contribution in [-0.2, 0) is 5.88 Å². The van der Waals surface area contributed by atoms with Gasteiger partial charge in [0.1, 0.15) is 6.07 Å². The molecule has 0 fully saturated rings. The van der Waals surface area contributed by atoms with Crippen LogP contribution in [0.1, 0.15) is 11.1 Å². The molecule has 0 radical (unpaired) electrons. The van der Waals surface area contributed by atoms with Gasteiger partial charge in [0.15, 0.2) is 0 Å². The van der Waals surface area contributed by atoms with Gasteiger partial charge in [0.05, 0.1) is 10.6 Å². The van der Waals surface area contributed by atoms with Crippen molar-refractivity contribution in [2.45, 2.75) is 5.88 Å². The second-order valence-corrected chi connectivity index (χ2v) is 2.73. The zero-order chi connectivity index (χ0) is 8.27. The monoisotopic (exact) mass is 185 g/mol. The van der Waals surface area contributed by atoms with E-state index in [-0.39, 0.29) is 0 Å². The van der Waals surface area contributed by atoms with Gasteiger partial charge in [0, 0.05) is 5.88 Å². The molecule has 1 aromatic carbocycles. The molecular formula is C8H5Cl2N. The predicted molar refractivity (Wildman–Crippen MR) is 45.7 cm³/mol. The third-order valence-corrected chi connectivity index (χ3v) is 1.94. The minimum absolute atomic E-state index is 0.409. The molecule has 0 aliphatic carbocycles. The number of hydrogen-bond acceptors (Lipinski definition) is 1. The first-order valence-electron chi connectivity index (χ1n) is 3.02. The number of halogens is 2. The van der Waals surface area contributed by atoms with Crippen molar-refractivity contribution in [1.82, 2.24) is 0 Å². The van der Waals surface area contributed by atoms with Gasteiger partial charge >= 0.3 is 0 Å². The molecule has 0 saturated carbocycles. The highest BCUT2D eigenvalue weighted by Gasteiger charge is 1.98. The average molecular weight is 186 g/mol. The van der Waals surface area contributed by atoms with Gasteiger partial charge in [0.2, 0.25) is 0 Å². The molecule has 0 saturated heterocycles. The summed E-state index contributed by atoms with van der Waals surface area (Å²) in [5.41, 5.74) is 1.39. The summed E-state index contributed by atoms with van der Waals surface area (Å²) >= 11 is 11.2. The number of rotatable bonds is 1. The summed E-state index contributed by atoms with van der Waals surface area (Å²) in [5, 5.41) is 9.03. The van der Waals surface area contributed by atoms with E-state index in [0.29, 0.717) is 16.5 Å². The lowest BCUT2D eigenvalue weighted by Gasteiger charge is -1.96. The molecule has 0 aromatic heterocycles. The van der Waals surface area contributed by atoms with E-state index in [2.05, 4.69) is 0 Å². The van der Waals surface area contributed by atoms with E-state index in [1.807, 2.05) is 6.07 Å². The van der Waals surface area contributed by atoms with Crippen LogP contribution < -0.4 is 0 Å². The summed E-state index contributed by atoms with van der Waals surface area (Å²) in [6.45, 7) is 0. The van der Waals surface area contributed by atoms with Crippen molar-refractivity contribution in [2.24, 2.45) is 0 Å². The second kappa shape index (κ2) is 3.61. The molecule has 3 heteroatoms. The van der Waals surface area contributed by atoms with Crippen LogP contribution in [0.3, 0.4) is 0 Å². The summed E-state index contributed by atoms with van der Waals surface area (Å²) in [6, 6.07) is 7.15. The molecular weight excluding hydrogens is 181 g/mol. The van der Waals surface area contributed by atoms with E-state index in [9.17, 15) is 0 Å². The maximum Gasteiger partial charge on any atom is 0.101 e. The second-order valence-electron chi connectivity index (χ2n) is 2.06. The molecule has 0 bridgehead atoms. The SMILES string of the molecule is N#Cc1cc(CCl)ccc1Cl. The van der Waals surface area contributed by atoms with Gasteiger partial charge in [-0.25, -0.2) is 0 Å². The summed E-state index contributed by atoms with van der Waals surface area (Å²) in [4.78, 5) is 0. The molecule has 0 unspecified atom stereocenters. The van der Waals surface area contributed by atoms with Crippen molar-refractivity contribution in [1.29, 1.82) is 5.26 Å². The first kappa shape index (κ1) is 8.39. The molecule has 1 nitrogen and oxygen atoms in total. The fraction of sp³-hybridized carbons (Fsp3) is 0.125. The van der Waals surface area contributed by atoms with Gasteiger partial charge in [-0.05, 0) is 17.7 Å². The van der Waals surface area contributed by atoms with Crippen LogP contribution in [0.5, 0.6) is 0 Å². The van der Waals surface area contributed by atoms with E-state index in [0.717, 1.165) is 5.56 Å². The molecule has 0 amide bonds. The Morgan fingerprint density at radius 1 is 1.45 bits per heavy atom. The maximum absolute atomic E-state index is 8.56. The molecule has 0 N–H and O–H groups in total. The van der Waals surface area contributed by atoms with Gasteiger partial charge in [-0.15, -0.1) is 11.6 Å². The Labute approximate surface area is 75.2 Å². The highest BCUT2D eigenvalue weighted by Crippen LogP contribution is 2.17. The van der Waals surface area contributed by atoms with E-state index in [4.69, 9.17) is 28.5 Å². The summed E-state index contributed by atoms with van der Waals surface area (Å²) in [6.07, 6.45) is 0. The third kappa shape index (κ3) is 1.86. The Morgan fingerprint density at radius 2 is 2.18 bits per heavy atom. The fourth-order valence-electron chi connectivity index (χ4n) is 0.741. The summed E-state index contributed by atoms with van der Waals surface area (Å²) < 4.78 is 0. The van der Waals surface area contributed by atoms with Crippen molar-refractivity contribution in [3.8, 4) is 6.07 Å². The Morgan fingerprint density at radius 3 is 2.73 bits per heavy atom. The summed E-state index contributed by atoms with van der Waals surface area (Å²) in [7, 11) is 0. The molecule has 11 heavy (non-hydrogen) atoms. The van der Waals surface area contributed by atoms with Crippen LogP contribution in [-0.4, -0.2) is 0 Å². The topological polar surface area (TPSA) is 23.8 Å². The number of benzene rings is 1. The minimum atomic E-state index is 0.409. The highest BCUT2D eigenvalue weighted by molar-refractivity contribution is 6.31. The molecule has 0 aliphatic heterocycles. The number of hydrogen-bond donors (Lipinski definition) is 0. The van der Waals surface area contributed by atoms with Crippen LogP contribution in [0.4, 0.5) is 0 Å². The smallest absolute Gasteiger partial charge is 0.101 e. The van der Waals surface area contributed by atoms with Gasteiger partial charge in [-0.2, -0.15) is 5.26 Å². The first-order valence-corrected chi connectivity index (χ1v) is 3.93. The van der Waals surface area contributed by atoms with Crippen molar-refractivity contribution >= 4 is 23.2 Å². The molecule has 0 atom stereocenters. The Balaban J connectivity index is 3.15. The summed E-state index contributed by atoms with van der Waals surface area (Å²) in [5.74, 6) is 0.409. The molecule has 0 spiro atoms. The van der Waals surface area contributed by atoms with Gasteiger partial charge in [-0.1, -0.05) is 17.7 Å².